The van der Waals surface area contributed by atoms with Gasteiger partial charge in [0, 0.05) is 49.1 Å². The van der Waals surface area contributed by atoms with Crippen molar-refractivity contribution in [3.05, 3.63) is 212 Å². The van der Waals surface area contributed by atoms with Gasteiger partial charge in [-0.15, -0.1) is 0 Å². The molecule has 13 aromatic rings. The molecule has 294 valence electrons. The van der Waals surface area contributed by atoms with E-state index < -0.39 is 0 Å². The largest absolute Gasteiger partial charge is 0.456 e. The van der Waals surface area contributed by atoms with Gasteiger partial charge in [-0.25, -0.2) is 4.98 Å². The van der Waals surface area contributed by atoms with Crippen LogP contribution in [0, 0.1) is 0 Å². The van der Waals surface area contributed by atoms with Crippen molar-refractivity contribution >= 4 is 65.6 Å². The number of fused-ring (bicyclic) bond motifs is 9. The predicted octanol–water partition coefficient (Wildman–Crippen LogP) is 14.6. The number of hydrogen-bond donors (Lipinski definition) is 0. The van der Waals surface area contributed by atoms with Crippen LogP contribution >= 0.6 is 0 Å². The Hall–Kier alpha value is -8.61. The minimum absolute atomic E-state index is 0.562. The minimum atomic E-state index is 0.562. The van der Waals surface area contributed by atoms with Gasteiger partial charge in [0.25, 0.3) is 0 Å². The Balaban J connectivity index is 1.01. The molecule has 0 fully saturated rings. The van der Waals surface area contributed by atoms with Gasteiger partial charge < -0.3 is 8.98 Å². The van der Waals surface area contributed by atoms with Crippen LogP contribution in [0.2, 0.25) is 0 Å². The summed E-state index contributed by atoms with van der Waals surface area (Å²) in [5.74, 6) is 1.75. The second kappa shape index (κ2) is 14.0. The number of rotatable bonds is 6. The van der Waals surface area contributed by atoms with Gasteiger partial charge in [0.1, 0.15) is 11.2 Å². The zero-order valence-electron chi connectivity index (χ0n) is 33.9. The topological polar surface area (TPSA) is 61.7 Å². The number of para-hydroxylation sites is 4. The molecule has 4 aromatic heterocycles. The highest BCUT2D eigenvalue weighted by atomic mass is 16.3. The molecular weight excluding hydrogens is 771 g/mol. The molecule has 0 aliphatic heterocycles. The van der Waals surface area contributed by atoms with Gasteiger partial charge in [-0.1, -0.05) is 152 Å². The van der Waals surface area contributed by atoms with E-state index in [2.05, 4.69) is 203 Å². The van der Waals surface area contributed by atoms with Crippen molar-refractivity contribution in [3.63, 3.8) is 0 Å². The summed E-state index contributed by atoms with van der Waals surface area (Å²) in [5, 5.41) is 6.86. The van der Waals surface area contributed by atoms with Crippen LogP contribution in [-0.2, 0) is 0 Å². The third kappa shape index (κ3) is 5.69. The molecule has 6 nitrogen and oxygen atoms in total. The lowest BCUT2D eigenvalue weighted by atomic mass is 10.0. The molecular formula is C57H35N5O. The summed E-state index contributed by atoms with van der Waals surface area (Å²) in [4.78, 5) is 15.9. The van der Waals surface area contributed by atoms with E-state index in [0.29, 0.717) is 17.6 Å². The van der Waals surface area contributed by atoms with Crippen molar-refractivity contribution in [2.24, 2.45) is 0 Å². The molecule has 0 saturated carbocycles. The van der Waals surface area contributed by atoms with Gasteiger partial charge in [-0.3, -0.25) is 4.57 Å². The van der Waals surface area contributed by atoms with E-state index in [1.165, 1.54) is 5.39 Å². The van der Waals surface area contributed by atoms with Gasteiger partial charge in [0.15, 0.2) is 11.6 Å². The Morgan fingerprint density at radius 3 is 1.51 bits per heavy atom. The molecule has 0 aliphatic carbocycles. The lowest BCUT2D eigenvalue weighted by molar-refractivity contribution is 0.669. The summed E-state index contributed by atoms with van der Waals surface area (Å²) in [6, 6.07) is 74.5. The maximum Gasteiger partial charge on any atom is 0.238 e. The number of furan rings is 1. The van der Waals surface area contributed by atoms with Crippen LogP contribution in [0.1, 0.15) is 0 Å². The van der Waals surface area contributed by atoms with Crippen LogP contribution in [0.4, 0.5) is 0 Å². The zero-order valence-corrected chi connectivity index (χ0v) is 33.9. The molecule has 0 atom stereocenters. The van der Waals surface area contributed by atoms with Gasteiger partial charge in [-0.2, -0.15) is 9.97 Å². The lowest BCUT2D eigenvalue weighted by Gasteiger charge is -2.13. The van der Waals surface area contributed by atoms with Gasteiger partial charge in [0.2, 0.25) is 5.95 Å². The normalized spacial score (nSPS) is 11.8. The molecule has 0 radical (unpaired) electrons. The predicted molar refractivity (Wildman–Crippen MR) is 258 cm³/mol. The minimum Gasteiger partial charge on any atom is -0.456 e. The van der Waals surface area contributed by atoms with Crippen LogP contribution < -0.4 is 0 Å². The SMILES string of the molecule is c1ccc(-c2cccc(-c3nc(-c4ccc5c6ccccc6n(-c6cccc(-c7ccc8c(c7)oc7ccccc78)c6)c5c4)nc(-n4c5ccccc5c5ccccc54)n3)c2)cc1. The standard InChI is InChI=1S/C57H35N5O/c1-2-14-36(15-3-1)37-16-12-18-40(32-37)55-58-56(60-57(59-55)62-50-25-9-5-20-43(50)44-21-6-10-26-51(44)62)41-29-30-46-45-22-4-8-24-49(45)61(52(46)34-41)42-19-13-17-38(33-42)39-28-31-48-47-23-7-11-27-53(47)63-54(48)35-39/h1-35H. The third-order valence-corrected chi connectivity index (χ3v) is 12.4. The molecule has 0 unspecified atom stereocenters. The Bertz CT molecular complexity index is 3880. The maximum atomic E-state index is 6.30. The van der Waals surface area contributed by atoms with Crippen LogP contribution in [0.5, 0.6) is 0 Å². The second-order valence-electron chi connectivity index (χ2n) is 16.0. The maximum absolute atomic E-state index is 6.30. The fraction of sp³-hybridized carbons (Fsp3) is 0. The summed E-state index contributed by atoms with van der Waals surface area (Å²) >= 11 is 0. The molecule has 63 heavy (non-hydrogen) atoms. The second-order valence-corrected chi connectivity index (χ2v) is 16.0. The molecule has 4 heterocycles. The summed E-state index contributed by atoms with van der Waals surface area (Å²) in [6.07, 6.45) is 0. The first kappa shape index (κ1) is 35.2. The van der Waals surface area contributed by atoms with Gasteiger partial charge in [-0.05, 0) is 82.9 Å². The van der Waals surface area contributed by atoms with Gasteiger partial charge >= 0.3 is 0 Å². The smallest absolute Gasteiger partial charge is 0.238 e. The van der Waals surface area contributed by atoms with Crippen LogP contribution in [-0.4, -0.2) is 24.1 Å². The number of aromatic nitrogens is 5. The quantitative estimate of drug-likeness (QED) is 0.168. The molecule has 13 rings (SSSR count). The van der Waals surface area contributed by atoms with Gasteiger partial charge in [0.05, 0.1) is 22.1 Å². The fourth-order valence-electron chi connectivity index (χ4n) is 9.45. The zero-order chi connectivity index (χ0) is 41.4. The van der Waals surface area contributed by atoms with Crippen molar-refractivity contribution < 1.29 is 4.42 Å². The number of nitrogens with zero attached hydrogens (tertiary/aromatic N) is 5. The monoisotopic (exact) mass is 805 g/mol. The van der Waals surface area contributed by atoms with E-state index in [9.17, 15) is 0 Å². The molecule has 6 heteroatoms. The van der Waals surface area contributed by atoms with Crippen molar-refractivity contribution in [1.29, 1.82) is 0 Å². The van der Waals surface area contributed by atoms with E-state index in [-0.39, 0.29) is 0 Å². The first-order valence-corrected chi connectivity index (χ1v) is 21.2. The molecule has 0 spiro atoms. The Morgan fingerprint density at radius 2 is 0.778 bits per heavy atom. The third-order valence-electron chi connectivity index (χ3n) is 12.4. The lowest BCUT2D eigenvalue weighted by Crippen LogP contribution is -2.06. The van der Waals surface area contributed by atoms with E-state index >= 15 is 0 Å². The molecule has 0 amide bonds. The van der Waals surface area contributed by atoms with Crippen molar-refractivity contribution in [2.45, 2.75) is 0 Å². The van der Waals surface area contributed by atoms with Crippen LogP contribution in [0.3, 0.4) is 0 Å². The molecule has 9 aromatic carbocycles. The summed E-state index contributed by atoms with van der Waals surface area (Å²) < 4.78 is 10.8. The van der Waals surface area contributed by atoms with E-state index in [4.69, 9.17) is 19.4 Å². The summed E-state index contributed by atoms with van der Waals surface area (Å²) in [6.45, 7) is 0. The average molecular weight is 806 g/mol. The van der Waals surface area contributed by atoms with E-state index in [0.717, 1.165) is 99.2 Å². The highest BCUT2D eigenvalue weighted by Gasteiger charge is 2.20. The highest BCUT2D eigenvalue weighted by molar-refractivity contribution is 6.11. The Morgan fingerprint density at radius 1 is 0.286 bits per heavy atom. The Kier molecular flexibility index (Phi) is 7.80. The molecule has 0 N–H and O–H groups in total. The first-order valence-electron chi connectivity index (χ1n) is 21.2. The van der Waals surface area contributed by atoms with Crippen molar-refractivity contribution in [1.82, 2.24) is 24.1 Å². The molecule has 0 bridgehead atoms. The van der Waals surface area contributed by atoms with Crippen molar-refractivity contribution in [2.75, 3.05) is 0 Å². The number of hydrogen-bond acceptors (Lipinski definition) is 4. The van der Waals surface area contributed by atoms with Crippen molar-refractivity contribution in [3.8, 4) is 56.7 Å². The molecule has 0 saturated heterocycles. The van der Waals surface area contributed by atoms with Crippen LogP contribution in [0.25, 0.3) is 122 Å². The van der Waals surface area contributed by atoms with E-state index in [1.54, 1.807) is 0 Å². The first-order chi connectivity index (χ1) is 31.2. The summed E-state index contributed by atoms with van der Waals surface area (Å²) in [5.41, 5.74) is 13.3. The summed E-state index contributed by atoms with van der Waals surface area (Å²) in [7, 11) is 0. The fourth-order valence-corrected chi connectivity index (χ4v) is 9.45. The average Bonchev–Trinajstić information content (AvgIpc) is 4.01. The molecule has 0 aliphatic rings. The Labute approximate surface area is 361 Å². The number of benzene rings is 9. The highest BCUT2D eigenvalue weighted by Crippen LogP contribution is 2.38. The van der Waals surface area contributed by atoms with Crippen LogP contribution in [0.15, 0.2) is 217 Å². The van der Waals surface area contributed by atoms with E-state index in [1.807, 2.05) is 18.2 Å².